The lowest BCUT2D eigenvalue weighted by atomic mass is 9.78. The van der Waals surface area contributed by atoms with Gasteiger partial charge >= 0.3 is 0 Å². The van der Waals surface area contributed by atoms with E-state index in [2.05, 4.69) is 0 Å². The minimum absolute atomic E-state index is 0.130. The van der Waals surface area contributed by atoms with Crippen LogP contribution in [0.15, 0.2) is 0 Å². The van der Waals surface area contributed by atoms with Crippen LogP contribution < -0.4 is 0 Å². The predicted octanol–water partition coefficient (Wildman–Crippen LogP) is 1.18. The van der Waals surface area contributed by atoms with Gasteiger partial charge < -0.3 is 5.11 Å². The molecule has 92 valence electrons. The smallest absolute Gasteiger partial charge is 0.236 e. The van der Waals surface area contributed by atoms with Crippen molar-refractivity contribution in [2.24, 2.45) is 11.3 Å². The fourth-order valence-electron chi connectivity index (χ4n) is 2.08. The van der Waals surface area contributed by atoms with Crippen LogP contribution in [0.4, 0.5) is 0 Å². The average Bonchev–Trinajstić information content (AvgIpc) is 2.44. The predicted molar refractivity (Wildman–Crippen MR) is 60.6 cm³/mol. The van der Waals surface area contributed by atoms with Gasteiger partial charge in [-0.15, -0.1) is 0 Å². The summed E-state index contributed by atoms with van der Waals surface area (Å²) in [5.41, 5.74) is -0.598. The second-order valence-corrected chi connectivity index (χ2v) is 5.06. The lowest BCUT2D eigenvalue weighted by Crippen LogP contribution is -2.44. The Balaban J connectivity index is 2.99. The number of hydrogen-bond acceptors (Lipinski definition) is 3. The molecule has 0 spiro atoms. The van der Waals surface area contributed by atoms with E-state index in [0.29, 0.717) is 6.42 Å². The number of carbonyl (C=O) groups is 2. The van der Waals surface area contributed by atoms with Crippen LogP contribution in [-0.2, 0) is 9.59 Å². The molecule has 1 unspecified atom stereocenters. The van der Waals surface area contributed by atoms with Crippen molar-refractivity contribution in [3.8, 4) is 0 Å². The molecule has 0 saturated carbocycles. The van der Waals surface area contributed by atoms with E-state index in [4.69, 9.17) is 0 Å². The molecule has 0 radical (unpaired) electrons. The van der Waals surface area contributed by atoms with E-state index in [1.165, 1.54) is 4.90 Å². The summed E-state index contributed by atoms with van der Waals surface area (Å²) in [6, 6.07) is -0.361. The lowest BCUT2D eigenvalue weighted by molar-refractivity contribution is -0.145. The molecule has 1 N–H and O–H groups in total. The Labute approximate surface area is 96.6 Å². The van der Waals surface area contributed by atoms with E-state index in [0.717, 1.165) is 0 Å². The van der Waals surface area contributed by atoms with E-state index in [9.17, 15) is 14.7 Å². The van der Waals surface area contributed by atoms with E-state index in [1.807, 2.05) is 27.7 Å². The molecule has 1 aliphatic rings. The maximum atomic E-state index is 12.2. The number of imide groups is 1. The summed E-state index contributed by atoms with van der Waals surface area (Å²) in [6.45, 7) is 7.46. The fourth-order valence-corrected chi connectivity index (χ4v) is 2.08. The minimum atomic E-state index is -0.598. The first-order chi connectivity index (χ1) is 7.38. The van der Waals surface area contributed by atoms with Crippen LogP contribution in [0.2, 0.25) is 0 Å². The quantitative estimate of drug-likeness (QED) is 0.734. The molecule has 1 heterocycles. The van der Waals surface area contributed by atoms with Crippen molar-refractivity contribution in [3.63, 3.8) is 0 Å². The number of aliphatic hydroxyl groups excluding tert-OH is 1. The van der Waals surface area contributed by atoms with Gasteiger partial charge in [0.25, 0.3) is 0 Å². The van der Waals surface area contributed by atoms with Crippen molar-refractivity contribution < 1.29 is 14.7 Å². The van der Waals surface area contributed by atoms with Gasteiger partial charge in [-0.25, -0.2) is 0 Å². The first-order valence-electron chi connectivity index (χ1n) is 5.85. The van der Waals surface area contributed by atoms with Crippen molar-refractivity contribution in [2.45, 2.75) is 46.6 Å². The van der Waals surface area contributed by atoms with Crippen molar-refractivity contribution in [2.75, 3.05) is 6.61 Å². The van der Waals surface area contributed by atoms with Crippen LogP contribution in [0.25, 0.3) is 0 Å². The molecule has 16 heavy (non-hydrogen) atoms. The van der Waals surface area contributed by atoms with Crippen LogP contribution in [0, 0.1) is 11.3 Å². The third-order valence-electron chi connectivity index (χ3n) is 3.82. The van der Waals surface area contributed by atoms with Gasteiger partial charge in [0.05, 0.1) is 18.1 Å². The zero-order valence-electron chi connectivity index (χ0n) is 10.5. The largest absolute Gasteiger partial charge is 0.394 e. The molecular formula is C12H21NO3. The Morgan fingerprint density at radius 3 is 2.31 bits per heavy atom. The zero-order chi connectivity index (χ0) is 12.5. The second-order valence-electron chi connectivity index (χ2n) is 5.06. The fraction of sp³-hybridized carbons (Fsp3) is 0.833. The summed E-state index contributed by atoms with van der Waals surface area (Å²) in [5.74, 6) is -0.152. The highest BCUT2D eigenvalue weighted by Crippen LogP contribution is 2.40. The van der Waals surface area contributed by atoms with Crippen LogP contribution in [0.5, 0.6) is 0 Å². The Morgan fingerprint density at radius 2 is 2.00 bits per heavy atom. The van der Waals surface area contributed by atoms with Gasteiger partial charge in [-0.1, -0.05) is 20.8 Å². The Kier molecular flexibility index (Phi) is 3.73. The number of likely N-dealkylation sites (tertiary alicyclic amines) is 1. The molecule has 1 rings (SSSR count). The van der Waals surface area contributed by atoms with Crippen molar-refractivity contribution in [1.82, 2.24) is 4.90 Å². The number of hydrogen-bond donors (Lipinski definition) is 1. The summed E-state index contributed by atoms with van der Waals surface area (Å²) < 4.78 is 0. The third kappa shape index (κ3) is 1.86. The maximum absolute atomic E-state index is 12.2. The third-order valence-corrected chi connectivity index (χ3v) is 3.82. The highest BCUT2D eigenvalue weighted by atomic mass is 16.3. The maximum Gasteiger partial charge on any atom is 0.236 e. The van der Waals surface area contributed by atoms with Crippen LogP contribution in [0.1, 0.15) is 40.5 Å². The molecule has 0 bridgehead atoms. The highest BCUT2D eigenvalue weighted by molar-refractivity contribution is 6.06. The summed E-state index contributed by atoms with van der Waals surface area (Å²) in [4.78, 5) is 25.4. The van der Waals surface area contributed by atoms with Crippen molar-refractivity contribution >= 4 is 11.8 Å². The van der Waals surface area contributed by atoms with Crippen LogP contribution in [-0.4, -0.2) is 34.5 Å². The molecule has 0 aromatic heterocycles. The summed E-state index contributed by atoms with van der Waals surface area (Å²) in [7, 11) is 0. The van der Waals surface area contributed by atoms with Crippen LogP contribution in [0.3, 0.4) is 0 Å². The number of aliphatic hydroxyl groups is 1. The van der Waals surface area contributed by atoms with E-state index < -0.39 is 5.41 Å². The average molecular weight is 227 g/mol. The van der Waals surface area contributed by atoms with Crippen LogP contribution >= 0.6 is 0 Å². The molecule has 2 amide bonds. The molecule has 2 atom stereocenters. The Hall–Kier alpha value is -0.900. The second kappa shape index (κ2) is 4.53. The SMILES string of the molecule is CC[C@@H](CO)N1C(=O)CC(C)(C(C)C)C1=O. The van der Waals surface area contributed by atoms with E-state index in [1.54, 1.807) is 0 Å². The van der Waals surface area contributed by atoms with E-state index in [-0.39, 0.29) is 36.8 Å². The summed E-state index contributed by atoms with van der Waals surface area (Å²) in [6.07, 6.45) is 0.863. The van der Waals surface area contributed by atoms with Crippen molar-refractivity contribution in [3.05, 3.63) is 0 Å². The van der Waals surface area contributed by atoms with Gasteiger partial charge in [0.15, 0.2) is 0 Å². The molecule has 0 aliphatic carbocycles. The summed E-state index contributed by atoms with van der Waals surface area (Å²) in [5, 5.41) is 9.18. The normalized spacial score (nSPS) is 28.0. The molecule has 1 fully saturated rings. The van der Waals surface area contributed by atoms with Gasteiger partial charge in [0.2, 0.25) is 11.8 Å². The Bertz CT molecular complexity index is 297. The molecule has 4 heteroatoms. The standard InChI is InChI=1S/C12H21NO3/c1-5-9(7-14)13-10(15)6-12(4,8(2)3)11(13)16/h8-9,14H,5-7H2,1-4H3/t9-,12?/m0/s1. The molecule has 1 saturated heterocycles. The molecule has 4 nitrogen and oxygen atoms in total. The number of rotatable bonds is 4. The molecular weight excluding hydrogens is 206 g/mol. The van der Waals surface area contributed by atoms with Gasteiger partial charge in [-0.3, -0.25) is 14.5 Å². The number of nitrogens with zero attached hydrogens (tertiary/aromatic N) is 1. The summed E-state index contributed by atoms with van der Waals surface area (Å²) >= 11 is 0. The Morgan fingerprint density at radius 1 is 1.44 bits per heavy atom. The topological polar surface area (TPSA) is 57.6 Å². The van der Waals surface area contributed by atoms with Gasteiger partial charge in [0.1, 0.15) is 0 Å². The molecule has 0 aromatic rings. The molecule has 0 aromatic carbocycles. The molecule has 1 aliphatic heterocycles. The first-order valence-corrected chi connectivity index (χ1v) is 5.85. The van der Waals surface area contributed by atoms with Gasteiger partial charge in [-0.05, 0) is 19.3 Å². The monoisotopic (exact) mass is 227 g/mol. The first kappa shape index (κ1) is 13.2. The van der Waals surface area contributed by atoms with Crippen molar-refractivity contribution in [1.29, 1.82) is 0 Å². The van der Waals surface area contributed by atoms with Gasteiger partial charge in [-0.2, -0.15) is 0 Å². The number of carbonyl (C=O) groups excluding carboxylic acids is 2. The van der Waals surface area contributed by atoms with E-state index >= 15 is 0 Å². The minimum Gasteiger partial charge on any atom is -0.394 e. The number of amides is 2. The zero-order valence-corrected chi connectivity index (χ0v) is 10.5. The highest BCUT2D eigenvalue weighted by Gasteiger charge is 2.51. The van der Waals surface area contributed by atoms with Gasteiger partial charge in [0, 0.05) is 6.42 Å². The lowest BCUT2D eigenvalue weighted by Gasteiger charge is -2.29.